The van der Waals surface area contributed by atoms with Gasteiger partial charge in [0.05, 0.1) is 0 Å². The second kappa shape index (κ2) is 9.84. The molecule has 1 aliphatic heterocycles. The first-order valence-corrected chi connectivity index (χ1v) is 9.97. The summed E-state index contributed by atoms with van der Waals surface area (Å²) in [6, 6.07) is 12.3. The summed E-state index contributed by atoms with van der Waals surface area (Å²) in [6.07, 6.45) is 2.73. The summed E-state index contributed by atoms with van der Waals surface area (Å²) >= 11 is 3.28. The molecule has 0 aromatic heterocycles. The minimum Gasteiger partial charge on any atom is -0.434 e. The van der Waals surface area contributed by atoms with E-state index < -0.39 is 6.61 Å². The van der Waals surface area contributed by atoms with Gasteiger partial charge in [0.2, 0.25) is 5.91 Å². The molecular formula is C21H22BrF2N3O2. The molecule has 0 radical (unpaired) electrons. The third kappa shape index (κ3) is 6.27. The standard InChI is InChI=1S/C21H22BrF2N3O2/c1-26-10-12-27(13-11-26)18-6-4-17(5-7-18)25-20(28)9-2-15-14-16(22)3-8-19(15)29-21(23)24/h2-9,14,21H,10-13H2,1H3,(H,25,28)/b9-2+. The Hall–Kier alpha value is -2.45. The lowest BCUT2D eigenvalue weighted by Gasteiger charge is -2.34. The van der Waals surface area contributed by atoms with Crippen LogP contribution in [0, 0.1) is 0 Å². The number of nitrogens with one attached hydrogen (secondary N) is 1. The Morgan fingerprint density at radius 2 is 1.83 bits per heavy atom. The lowest BCUT2D eigenvalue weighted by Crippen LogP contribution is -2.44. The maximum Gasteiger partial charge on any atom is 0.387 e. The van der Waals surface area contributed by atoms with Crippen molar-refractivity contribution in [3.63, 3.8) is 0 Å². The van der Waals surface area contributed by atoms with E-state index in [-0.39, 0.29) is 11.7 Å². The Bertz CT molecular complexity index is 867. The van der Waals surface area contributed by atoms with Crippen molar-refractivity contribution in [1.29, 1.82) is 0 Å². The monoisotopic (exact) mass is 465 g/mol. The Kier molecular flexibility index (Phi) is 7.22. The smallest absolute Gasteiger partial charge is 0.387 e. The van der Waals surface area contributed by atoms with Crippen molar-refractivity contribution < 1.29 is 18.3 Å². The van der Waals surface area contributed by atoms with Crippen LogP contribution >= 0.6 is 15.9 Å². The molecule has 8 heteroatoms. The number of piperazine rings is 1. The zero-order chi connectivity index (χ0) is 20.8. The van der Waals surface area contributed by atoms with Crippen LogP contribution < -0.4 is 15.0 Å². The number of benzene rings is 2. The molecule has 1 heterocycles. The van der Waals surface area contributed by atoms with Gasteiger partial charge in [0.25, 0.3) is 0 Å². The van der Waals surface area contributed by atoms with Gasteiger partial charge in [-0.1, -0.05) is 15.9 Å². The molecule has 5 nitrogen and oxygen atoms in total. The van der Waals surface area contributed by atoms with Crippen molar-refractivity contribution in [1.82, 2.24) is 4.90 Å². The number of carbonyl (C=O) groups excluding carboxylic acids is 1. The van der Waals surface area contributed by atoms with E-state index in [0.29, 0.717) is 15.7 Å². The van der Waals surface area contributed by atoms with E-state index in [0.717, 1.165) is 31.9 Å². The average molecular weight is 466 g/mol. The van der Waals surface area contributed by atoms with Crippen molar-refractivity contribution >= 4 is 39.3 Å². The van der Waals surface area contributed by atoms with Crippen LogP contribution in [0.3, 0.4) is 0 Å². The van der Waals surface area contributed by atoms with Gasteiger partial charge in [-0.2, -0.15) is 8.78 Å². The van der Waals surface area contributed by atoms with Crippen LogP contribution in [0.2, 0.25) is 0 Å². The van der Waals surface area contributed by atoms with E-state index >= 15 is 0 Å². The van der Waals surface area contributed by atoms with Gasteiger partial charge in [-0.25, -0.2) is 0 Å². The van der Waals surface area contributed by atoms with Crippen LogP contribution in [-0.2, 0) is 4.79 Å². The first kappa shape index (κ1) is 21.3. The summed E-state index contributed by atoms with van der Waals surface area (Å²) in [7, 11) is 2.11. The number of likely N-dealkylation sites (N-methyl/N-ethyl adjacent to an activating group) is 1. The molecule has 3 rings (SSSR count). The molecule has 0 bridgehead atoms. The maximum absolute atomic E-state index is 12.5. The molecule has 29 heavy (non-hydrogen) atoms. The lowest BCUT2D eigenvalue weighted by atomic mass is 10.2. The van der Waals surface area contributed by atoms with E-state index in [4.69, 9.17) is 0 Å². The van der Waals surface area contributed by atoms with Gasteiger partial charge >= 0.3 is 6.61 Å². The average Bonchev–Trinajstić information content (AvgIpc) is 2.69. The first-order valence-electron chi connectivity index (χ1n) is 9.18. The highest BCUT2D eigenvalue weighted by molar-refractivity contribution is 9.10. The predicted molar refractivity (Wildman–Crippen MR) is 115 cm³/mol. The number of amides is 1. The molecule has 1 saturated heterocycles. The number of ether oxygens (including phenoxy) is 1. The Labute approximate surface area is 177 Å². The highest BCUT2D eigenvalue weighted by Gasteiger charge is 2.14. The number of hydrogen-bond acceptors (Lipinski definition) is 4. The van der Waals surface area contributed by atoms with Gasteiger partial charge in [-0.05, 0) is 55.6 Å². The second-order valence-corrected chi connectivity index (χ2v) is 7.64. The van der Waals surface area contributed by atoms with Crippen LogP contribution in [0.5, 0.6) is 5.75 Å². The Morgan fingerprint density at radius 3 is 2.48 bits per heavy atom. The van der Waals surface area contributed by atoms with Crippen LogP contribution in [-0.4, -0.2) is 50.6 Å². The maximum atomic E-state index is 12.5. The van der Waals surface area contributed by atoms with Gasteiger partial charge < -0.3 is 19.9 Å². The Balaban J connectivity index is 1.61. The summed E-state index contributed by atoms with van der Waals surface area (Å²) in [5.41, 5.74) is 2.16. The quantitative estimate of drug-likeness (QED) is 0.639. The van der Waals surface area contributed by atoms with Gasteiger partial charge in [0, 0.05) is 53.7 Å². The van der Waals surface area contributed by atoms with E-state index in [1.807, 2.05) is 24.3 Å². The molecule has 1 fully saturated rings. The molecular weight excluding hydrogens is 444 g/mol. The number of hydrogen-bond donors (Lipinski definition) is 1. The fourth-order valence-corrected chi connectivity index (χ4v) is 3.40. The first-order chi connectivity index (χ1) is 13.9. The highest BCUT2D eigenvalue weighted by atomic mass is 79.9. The van der Waals surface area contributed by atoms with Gasteiger partial charge in [0.1, 0.15) is 5.75 Å². The van der Waals surface area contributed by atoms with E-state index in [9.17, 15) is 13.6 Å². The molecule has 0 saturated carbocycles. The van der Waals surface area contributed by atoms with E-state index in [1.54, 1.807) is 12.1 Å². The predicted octanol–water partition coefficient (Wildman–Crippen LogP) is 4.45. The number of carbonyl (C=O) groups is 1. The summed E-state index contributed by atoms with van der Waals surface area (Å²) in [5.74, 6) is -0.357. The fourth-order valence-electron chi connectivity index (χ4n) is 3.02. The molecule has 1 N–H and O–H groups in total. The Morgan fingerprint density at radius 1 is 1.14 bits per heavy atom. The van der Waals surface area contributed by atoms with Crippen LogP contribution in [0.15, 0.2) is 53.0 Å². The largest absolute Gasteiger partial charge is 0.434 e. The van der Waals surface area contributed by atoms with Crippen molar-refractivity contribution in [3.8, 4) is 5.75 Å². The van der Waals surface area contributed by atoms with Crippen LogP contribution in [0.1, 0.15) is 5.56 Å². The zero-order valence-electron chi connectivity index (χ0n) is 15.9. The van der Waals surface area contributed by atoms with Crippen molar-refractivity contribution in [2.75, 3.05) is 43.4 Å². The van der Waals surface area contributed by atoms with Crippen molar-refractivity contribution in [2.24, 2.45) is 0 Å². The molecule has 2 aromatic rings. The summed E-state index contributed by atoms with van der Waals surface area (Å²) < 4.78 is 30.2. The molecule has 1 aliphatic rings. The number of halogens is 3. The summed E-state index contributed by atoms with van der Waals surface area (Å²) in [4.78, 5) is 16.8. The van der Waals surface area contributed by atoms with Gasteiger partial charge in [-0.15, -0.1) is 0 Å². The third-order valence-corrected chi connectivity index (χ3v) is 5.10. The molecule has 0 atom stereocenters. The molecule has 0 unspecified atom stereocenters. The molecule has 0 spiro atoms. The highest BCUT2D eigenvalue weighted by Crippen LogP contribution is 2.26. The summed E-state index contributed by atoms with van der Waals surface area (Å²) in [5, 5.41) is 2.77. The topological polar surface area (TPSA) is 44.8 Å². The van der Waals surface area contributed by atoms with Gasteiger partial charge in [-0.3, -0.25) is 4.79 Å². The van der Waals surface area contributed by atoms with E-state index in [2.05, 4.69) is 42.8 Å². The zero-order valence-corrected chi connectivity index (χ0v) is 17.5. The number of anilines is 2. The molecule has 0 aliphatic carbocycles. The van der Waals surface area contributed by atoms with E-state index in [1.165, 1.54) is 18.2 Å². The number of nitrogens with zero attached hydrogens (tertiary/aromatic N) is 2. The lowest BCUT2D eigenvalue weighted by molar-refractivity contribution is -0.111. The van der Waals surface area contributed by atoms with Crippen LogP contribution in [0.4, 0.5) is 20.2 Å². The molecule has 2 aromatic carbocycles. The fraction of sp³-hybridized carbons (Fsp3) is 0.286. The SMILES string of the molecule is CN1CCN(c2ccc(NC(=O)/C=C/c3cc(Br)ccc3OC(F)F)cc2)CC1. The van der Waals surface area contributed by atoms with Crippen molar-refractivity contribution in [2.45, 2.75) is 6.61 Å². The number of rotatable bonds is 6. The minimum atomic E-state index is -2.93. The molecule has 154 valence electrons. The van der Waals surface area contributed by atoms with Crippen LogP contribution in [0.25, 0.3) is 6.08 Å². The number of alkyl halides is 2. The third-order valence-electron chi connectivity index (χ3n) is 4.61. The van der Waals surface area contributed by atoms with Gasteiger partial charge in [0.15, 0.2) is 0 Å². The van der Waals surface area contributed by atoms with Crippen molar-refractivity contribution in [3.05, 3.63) is 58.6 Å². The second-order valence-electron chi connectivity index (χ2n) is 6.72. The minimum absolute atomic E-state index is 0.00350. The normalized spacial score (nSPS) is 15.1. The summed E-state index contributed by atoms with van der Waals surface area (Å²) in [6.45, 7) is 1.06. The molecule has 1 amide bonds.